The van der Waals surface area contributed by atoms with Crippen LogP contribution < -0.4 is 10.6 Å². The number of aromatic nitrogens is 1. The van der Waals surface area contributed by atoms with Gasteiger partial charge in [0.25, 0.3) is 0 Å². The fraction of sp³-hybridized carbons (Fsp3) is 0.267. The van der Waals surface area contributed by atoms with Crippen LogP contribution in [0.25, 0.3) is 0 Å². The van der Waals surface area contributed by atoms with Crippen molar-refractivity contribution in [2.24, 2.45) is 0 Å². The Morgan fingerprint density at radius 1 is 1.33 bits per heavy atom. The third kappa shape index (κ3) is 4.68. The van der Waals surface area contributed by atoms with E-state index in [0.717, 1.165) is 10.4 Å². The molecule has 2 heterocycles. The van der Waals surface area contributed by atoms with Crippen molar-refractivity contribution in [3.05, 3.63) is 46.3 Å². The summed E-state index contributed by atoms with van der Waals surface area (Å²) in [5, 5.41) is 7.46. The molecular formula is C15H17N3O2S. The SMILES string of the molecule is CC(=O)N[C@@H](CC(=O)Nc1ccc(C)cn1)c1cccs1. The second kappa shape index (κ2) is 6.99. The van der Waals surface area contributed by atoms with Crippen LogP contribution in [-0.4, -0.2) is 16.8 Å². The average molecular weight is 303 g/mol. The molecule has 0 aliphatic carbocycles. The molecule has 2 N–H and O–H groups in total. The molecule has 0 aliphatic heterocycles. The van der Waals surface area contributed by atoms with Crippen LogP contribution in [0.15, 0.2) is 35.8 Å². The smallest absolute Gasteiger partial charge is 0.227 e. The summed E-state index contributed by atoms with van der Waals surface area (Å²) in [6.07, 6.45) is 1.87. The van der Waals surface area contributed by atoms with E-state index in [2.05, 4.69) is 15.6 Å². The van der Waals surface area contributed by atoms with Gasteiger partial charge in [0.05, 0.1) is 12.5 Å². The van der Waals surface area contributed by atoms with E-state index in [1.54, 1.807) is 12.3 Å². The van der Waals surface area contributed by atoms with E-state index in [-0.39, 0.29) is 24.3 Å². The number of rotatable bonds is 5. The van der Waals surface area contributed by atoms with Crippen LogP contribution in [0.5, 0.6) is 0 Å². The Hall–Kier alpha value is -2.21. The lowest BCUT2D eigenvalue weighted by molar-refractivity contribution is -0.120. The lowest BCUT2D eigenvalue weighted by atomic mass is 10.1. The summed E-state index contributed by atoms with van der Waals surface area (Å²) in [7, 11) is 0. The molecule has 0 radical (unpaired) electrons. The molecule has 5 nitrogen and oxygen atoms in total. The Labute approximate surface area is 127 Å². The molecule has 1 atom stereocenters. The van der Waals surface area contributed by atoms with Crippen molar-refractivity contribution >= 4 is 29.0 Å². The van der Waals surface area contributed by atoms with Crippen LogP contribution in [0.4, 0.5) is 5.82 Å². The number of carbonyl (C=O) groups is 2. The zero-order valence-electron chi connectivity index (χ0n) is 11.9. The van der Waals surface area contributed by atoms with Gasteiger partial charge in [-0.25, -0.2) is 4.98 Å². The highest BCUT2D eigenvalue weighted by atomic mass is 32.1. The lowest BCUT2D eigenvalue weighted by Gasteiger charge is -2.16. The van der Waals surface area contributed by atoms with E-state index < -0.39 is 0 Å². The maximum absolute atomic E-state index is 12.1. The van der Waals surface area contributed by atoms with Crippen molar-refractivity contribution in [2.75, 3.05) is 5.32 Å². The predicted molar refractivity (Wildman–Crippen MR) is 83.1 cm³/mol. The van der Waals surface area contributed by atoms with Crippen LogP contribution in [0, 0.1) is 6.92 Å². The van der Waals surface area contributed by atoms with Gasteiger partial charge in [-0.15, -0.1) is 11.3 Å². The molecule has 0 aromatic carbocycles. The number of pyridine rings is 1. The van der Waals surface area contributed by atoms with Gasteiger partial charge in [-0.2, -0.15) is 0 Å². The number of amides is 2. The largest absolute Gasteiger partial charge is 0.348 e. The van der Waals surface area contributed by atoms with Gasteiger partial charge in [0.1, 0.15) is 5.82 Å². The zero-order valence-corrected chi connectivity index (χ0v) is 12.7. The van der Waals surface area contributed by atoms with Crippen molar-refractivity contribution in [2.45, 2.75) is 26.3 Å². The topological polar surface area (TPSA) is 71.1 Å². The number of hydrogen-bond acceptors (Lipinski definition) is 4. The fourth-order valence-corrected chi connectivity index (χ4v) is 2.66. The van der Waals surface area contributed by atoms with Crippen LogP contribution >= 0.6 is 11.3 Å². The van der Waals surface area contributed by atoms with Crippen LogP contribution in [0.1, 0.15) is 29.8 Å². The van der Waals surface area contributed by atoms with Gasteiger partial charge in [0.15, 0.2) is 0 Å². The first-order chi connectivity index (χ1) is 10.0. The van der Waals surface area contributed by atoms with E-state index in [1.807, 2.05) is 30.5 Å². The Morgan fingerprint density at radius 3 is 2.71 bits per heavy atom. The normalized spacial score (nSPS) is 11.7. The fourth-order valence-electron chi connectivity index (χ4n) is 1.88. The lowest BCUT2D eigenvalue weighted by Crippen LogP contribution is -2.29. The molecule has 0 saturated carbocycles. The number of carbonyl (C=O) groups excluding carboxylic acids is 2. The third-order valence-corrected chi connectivity index (χ3v) is 3.82. The second-order valence-corrected chi connectivity index (χ2v) is 5.72. The van der Waals surface area contributed by atoms with Crippen molar-refractivity contribution in [3.8, 4) is 0 Å². The van der Waals surface area contributed by atoms with Gasteiger partial charge in [0.2, 0.25) is 11.8 Å². The summed E-state index contributed by atoms with van der Waals surface area (Å²) in [5.74, 6) is 0.173. The molecule has 0 spiro atoms. The summed E-state index contributed by atoms with van der Waals surface area (Å²) in [6, 6.07) is 7.13. The molecule has 0 aliphatic rings. The average Bonchev–Trinajstić information content (AvgIpc) is 2.94. The highest BCUT2D eigenvalue weighted by Gasteiger charge is 2.18. The van der Waals surface area contributed by atoms with E-state index in [9.17, 15) is 9.59 Å². The van der Waals surface area contributed by atoms with Crippen molar-refractivity contribution in [1.82, 2.24) is 10.3 Å². The number of anilines is 1. The molecular weight excluding hydrogens is 286 g/mol. The maximum Gasteiger partial charge on any atom is 0.227 e. The van der Waals surface area contributed by atoms with Crippen molar-refractivity contribution < 1.29 is 9.59 Å². The molecule has 0 fully saturated rings. The molecule has 2 aromatic rings. The molecule has 21 heavy (non-hydrogen) atoms. The van der Waals surface area contributed by atoms with Gasteiger partial charge in [-0.3, -0.25) is 9.59 Å². The van der Waals surface area contributed by atoms with Gasteiger partial charge in [-0.1, -0.05) is 12.1 Å². The number of nitrogens with one attached hydrogen (secondary N) is 2. The molecule has 2 amide bonds. The Morgan fingerprint density at radius 2 is 2.14 bits per heavy atom. The summed E-state index contributed by atoms with van der Waals surface area (Å²) < 4.78 is 0. The monoisotopic (exact) mass is 303 g/mol. The van der Waals surface area contributed by atoms with E-state index >= 15 is 0 Å². The van der Waals surface area contributed by atoms with Crippen molar-refractivity contribution in [3.63, 3.8) is 0 Å². The molecule has 110 valence electrons. The van der Waals surface area contributed by atoms with Gasteiger partial charge < -0.3 is 10.6 Å². The molecule has 2 aromatic heterocycles. The predicted octanol–water partition coefficient (Wildman–Crippen LogP) is 2.66. The third-order valence-electron chi connectivity index (χ3n) is 2.83. The Kier molecular flexibility index (Phi) is 5.05. The standard InChI is InChI=1S/C15H17N3O2S/c1-10-5-6-14(16-9-10)18-15(20)8-12(17-11(2)19)13-4-3-7-21-13/h3-7,9,12H,8H2,1-2H3,(H,17,19)(H,16,18,20)/t12-/m0/s1. The number of thiophene rings is 1. The van der Waals surface area contributed by atoms with Crippen LogP contribution in [-0.2, 0) is 9.59 Å². The number of nitrogens with zero attached hydrogens (tertiary/aromatic N) is 1. The van der Waals surface area contributed by atoms with Crippen molar-refractivity contribution in [1.29, 1.82) is 0 Å². The van der Waals surface area contributed by atoms with E-state index in [1.165, 1.54) is 18.3 Å². The zero-order chi connectivity index (χ0) is 15.2. The van der Waals surface area contributed by atoms with Crippen LogP contribution in [0.2, 0.25) is 0 Å². The molecule has 0 saturated heterocycles. The van der Waals surface area contributed by atoms with Gasteiger partial charge in [-0.05, 0) is 30.0 Å². The number of hydrogen-bond donors (Lipinski definition) is 2. The minimum atomic E-state index is -0.312. The maximum atomic E-state index is 12.1. The summed E-state index contributed by atoms with van der Waals surface area (Å²) in [5.41, 5.74) is 1.03. The minimum Gasteiger partial charge on any atom is -0.348 e. The molecule has 6 heteroatoms. The highest BCUT2D eigenvalue weighted by molar-refractivity contribution is 7.10. The number of aryl methyl sites for hydroxylation is 1. The van der Waals surface area contributed by atoms with E-state index in [4.69, 9.17) is 0 Å². The Balaban J connectivity index is 2.01. The quantitative estimate of drug-likeness (QED) is 0.892. The first kappa shape index (κ1) is 15.2. The second-order valence-electron chi connectivity index (χ2n) is 4.74. The highest BCUT2D eigenvalue weighted by Crippen LogP contribution is 2.22. The summed E-state index contributed by atoms with van der Waals surface area (Å²) in [4.78, 5) is 28.5. The minimum absolute atomic E-state index is 0.158. The first-order valence-electron chi connectivity index (χ1n) is 6.57. The van der Waals surface area contributed by atoms with Gasteiger partial charge >= 0.3 is 0 Å². The molecule has 2 rings (SSSR count). The first-order valence-corrected chi connectivity index (χ1v) is 7.45. The summed E-state index contributed by atoms with van der Waals surface area (Å²) >= 11 is 1.51. The van der Waals surface area contributed by atoms with E-state index in [0.29, 0.717) is 5.82 Å². The summed E-state index contributed by atoms with van der Waals surface area (Å²) in [6.45, 7) is 3.38. The van der Waals surface area contributed by atoms with Crippen LogP contribution in [0.3, 0.4) is 0 Å². The molecule has 0 unspecified atom stereocenters. The molecule has 0 bridgehead atoms. The van der Waals surface area contributed by atoms with Gasteiger partial charge in [0, 0.05) is 18.0 Å². The Bertz CT molecular complexity index is 608.